The number of pyridine rings is 1. The van der Waals surface area contributed by atoms with E-state index in [1.54, 1.807) is 30.5 Å². The van der Waals surface area contributed by atoms with Gasteiger partial charge in [0, 0.05) is 30.1 Å². The van der Waals surface area contributed by atoms with Crippen LogP contribution < -0.4 is 10.1 Å². The Morgan fingerprint density at radius 1 is 1.10 bits per heavy atom. The highest BCUT2D eigenvalue weighted by Crippen LogP contribution is 2.37. The van der Waals surface area contributed by atoms with Crippen LogP contribution in [0.4, 0.5) is 10.2 Å². The molecule has 0 amide bonds. The minimum absolute atomic E-state index is 0.0859. The van der Waals surface area contributed by atoms with E-state index in [9.17, 15) is 14.8 Å². The topological polar surface area (TPSA) is 122 Å². The summed E-state index contributed by atoms with van der Waals surface area (Å²) < 4.78 is 21.6. The molecule has 1 aliphatic heterocycles. The van der Waals surface area contributed by atoms with Crippen LogP contribution in [0.15, 0.2) is 60.9 Å². The average molecular weight is 522 g/mol. The number of imidazole rings is 1. The number of anilines is 1. The number of nitriles is 1. The third-order valence-corrected chi connectivity index (χ3v) is 6.66. The molecule has 0 fully saturated rings. The van der Waals surface area contributed by atoms with E-state index in [2.05, 4.69) is 35.2 Å². The Labute approximate surface area is 223 Å². The molecule has 1 aliphatic rings. The molecule has 194 valence electrons. The molecule has 0 aliphatic carbocycles. The first-order valence-electron chi connectivity index (χ1n) is 12.4. The van der Waals surface area contributed by atoms with E-state index in [0.717, 1.165) is 5.56 Å². The molecule has 0 unspecified atom stereocenters. The molecule has 10 heteroatoms. The number of fused-ring (bicyclic) bond motifs is 3. The summed E-state index contributed by atoms with van der Waals surface area (Å²) in [7, 11) is 0. The number of hydrogen-bond donors (Lipinski definition) is 2. The van der Waals surface area contributed by atoms with Gasteiger partial charge in [0.1, 0.15) is 24.2 Å². The maximum atomic E-state index is 13.8. The van der Waals surface area contributed by atoms with Gasteiger partial charge in [0.25, 0.3) is 6.01 Å². The maximum Gasteiger partial charge on any atom is 0.299 e. The Morgan fingerprint density at radius 3 is 2.79 bits per heavy atom. The van der Waals surface area contributed by atoms with E-state index >= 15 is 0 Å². The number of nitrogens with zero attached hydrogens (tertiary/aromatic N) is 6. The molecular weight excluding hydrogens is 497 g/mol. The Bertz CT molecular complexity index is 1770. The number of halogens is 1. The molecule has 9 nitrogen and oxygen atoms in total. The zero-order valence-corrected chi connectivity index (χ0v) is 21.3. The zero-order chi connectivity index (χ0) is 27.1. The third kappa shape index (κ3) is 4.48. The monoisotopic (exact) mass is 521 g/mol. The number of aromatic nitrogens is 5. The first kappa shape index (κ1) is 24.3. The fraction of sp³-hybridized carbons (Fsp3) is 0.207. The molecule has 0 bridgehead atoms. The van der Waals surface area contributed by atoms with Crippen LogP contribution in [0.1, 0.15) is 25.0 Å². The van der Waals surface area contributed by atoms with Gasteiger partial charge in [-0.15, -0.1) is 0 Å². The van der Waals surface area contributed by atoms with Crippen LogP contribution in [0.3, 0.4) is 0 Å². The molecular formula is C29H24FN7O2. The van der Waals surface area contributed by atoms with Crippen molar-refractivity contribution in [3.63, 3.8) is 0 Å². The second kappa shape index (κ2) is 9.36. The zero-order valence-electron chi connectivity index (χ0n) is 21.3. The average Bonchev–Trinajstić information content (AvgIpc) is 3.46. The number of hydrogen-bond acceptors (Lipinski definition) is 8. The highest BCUT2D eigenvalue weighted by atomic mass is 19.1. The standard InChI is InChI=1S/C29H24FN7O2/c1-29(2)16-39-28-34-24-26(35-25(36-27(24)37(28)29)20-10-18(13-31)14-32-15-20)33-9-8-17-6-7-23(38)22(11-17)19-4-3-5-21(30)12-19/h3-7,10-12,14-15,38H,8-9,16H2,1-2H3,(H,33,35,36). The first-order valence-corrected chi connectivity index (χ1v) is 12.4. The normalized spacial score (nSPS) is 13.6. The van der Waals surface area contributed by atoms with Gasteiger partial charge in [0.15, 0.2) is 22.8 Å². The fourth-order valence-corrected chi connectivity index (χ4v) is 4.71. The van der Waals surface area contributed by atoms with Crippen molar-refractivity contribution < 1.29 is 14.2 Å². The van der Waals surface area contributed by atoms with Crippen LogP contribution >= 0.6 is 0 Å². The lowest BCUT2D eigenvalue weighted by molar-refractivity contribution is 0.268. The van der Waals surface area contributed by atoms with Gasteiger partial charge in [0.05, 0.1) is 11.1 Å². The van der Waals surface area contributed by atoms with Gasteiger partial charge in [-0.1, -0.05) is 18.2 Å². The number of benzene rings is 2. The van der Waals surface area contributed by atoms with Crippen LogP contribution in [0, 0.1) is 17.1 Å². The molecule has 2 aromatic carbocycles. The number of phenols is 1. The van der Waals surface area contributed by atoms with E-state index in [0.29, 0.717) is 70.6 Å². The summed E-state index contributed by atoms with van der Waals surface area (Å²) in [6.45, 7) is 5.09. The van der Waals surface area contributed by atoms with E-state index in [-0.39, 0.29) is 17.1 Å². The van der Waals surface area contributed by atoms with Gasteiger partial charge < -0.3 is 15.2 Å². The van der Waals surface area contributed by atoms with Gasteiger partial charge in [-0.2, -0.15) is 10.2 Å². The lowest BCUT2D eigenvalue weighted by atomic mass is 10.0. The Kier molecular flexibility index (Phi) is 5.84. The SMILES string of the molecule is CC1(C)COc2nc3c(NCCc4ccc(O)c(-c5cccc(F)c5)c4)nc(-c4cncc(C#N)c4)nc3n21. The van der Waals surface area contributed by atoms with Crippen molar-refractivity contribution in [3.8, 4) is 40.3 Å². The lowest BCUT2D eigenvalue weighted by Crippen LogP contribution is -2.25. The Hall–Kier alpha value is -5.04. The molecule has 6 rings (SSSR count). The maximum absolute atomic E-state index is 13.8. The summed E-state index contributed by atoms with van der Waals surface area (Å²) in [5.41, 5.74) is 4.00. The molecule has 0 atom stereocenters. The van der Waals surface area contributed by atoms with E-state index in [1.807, 2.05) is 16.7 Å². The van der Waals surface area contributed by atoms with Crippen LogP contribution in [0.25, 0.3) is 33.7 Å². The molecule has 2 N–H and O–H groups in total. The van der Waals surface area contributed by atoms with Gasteiger partial charge in [-0.3, -0.25) is 9.55 Å². The highest BCUT2D eigenvalue weighted by Gasteiger charge is 2.36. The highest BCUT2D eigenvalue weighted by molar-refractivity contribution is 5.86. The molecule has 3 aromatic heterocycles. The number of nitrogens with one attached hydrogen (secondary N) is 1. The molecule has 39 heavy (non-hydrogen) atoms. The second-order valence-corrected chi connectivity index (χ2v) is 10.0. The number of phenolic OH excluding ortho intramolecular Hbond substituents is 1. The third-order valence-electron chi connectivity index (χ3n) is 6.66. The van der Waals surface area contributed by atoms with Gasteiger partial charge in [-0.25, -0.2) is 14.4 Å². The summed E-state index contributed by atoms with van der Waals surface area (Å²) in [4.78, 5) is 18.4. The quantitative estimate of drug-likeness (QED) is 0.318. The molecule has 0 saturated heterocycles. The summed E-state index contributed by atoms with van der Waals surface area (Å²) >= 11 is 0. The molecule has 5 aromatic rings. The first-order chi connectivity index (χ1) is 18.8. The predicted octanol–water partition coefficient (Wildman–Crippen LogP) is 5.05. The molecule has 0 radical (unpaired) electrons. The number of rotatable bonds is 6. The lowest BCUT2D eigenvalue weighted by Gasteiger charge is -2.18. The number of ether oxygens (including phenoxy) is 1. The molecule has 0 saturated carbocycles. The fourth-order valence-electron chi connectivity index (χ4n) is 4.71. The van der Waals surface area contributed by atoms with Crippen molar-refractivity contribution in [2.45, 2.75) is 25.8 Å². The van der Waals surface area contributed by atoms with E-state index in [4.69, 9.17) is 14.7 Å². The Balaban J connectivity index is 1.34. The minimum atomic E-state index is -0.364. The number of aromatic hydroxyl groups is 1. The van der Waals surface area contributed by atoms with Gasteiger partial charge >= 0.3 is 0 Å². The van der Waals surface area contributed by atoms with Crippen LogP contribution in [0.5, 0.6) is 11.8 Å². The van der Waals surface area contributed by atoms with E-state index in [1.165, 1.54) is 18.3 Å². The largest absolute Gasteiger partial charge is 0.507 e. The summed E-state index contributed by atoms with van der Waals surface area (Å²) in [5, 5.41) is 23.1. The minimum Gasteiger partial charge on any atom is -0.507 e. The van der Waals surface area contributed by atoms with Crippen LogP contribution in [-0.4, -0.2) is 42.8 Å². The van der Waals surface area contributed by atoms with E-state index < -0.39 is 0 Å². The second-order valence-electron chi connectivity index (χ2n) is 10.0. The summed E-state index contributed by atoms with van der Waals surface area (Å²) in [6.07, 6.45) is 3.72. The van der Waals surface area contributed by atoms with Crippen molar-refractivity contribution >= 4 is 17.0 Å². The van der Waals surface area contributed by atoms with Gasteiger partial charge in [-0.05, 0) is 61.7 Å². The summed E-state index contributed by atoms with van der Waals surface area (Å²) in [5.74, 6) is 0.667. The van der Waals surface area contributed by atoms with Crippen molar-refractivity contribution in [2.24, 2.45) is 0 Å². The molecule has 4 heterocycles. The van der Waals surface area contributed by atoms with Crippen LogP contribution in [0.2, 0.25) is 0 Å². The van der Waals surface area contributed by atoms with Gasteiger partial charge in [0.2, 0.25) is 0 Å². The predicted molar refractivity (Wildman–Crippen MR) is 144 cm³/mol. The summed E-state index contributed by atoms with van der Waals surface area (Å²) in [6, 6.07) is 15.7. The van der Waals surface area contributed by atoms with Crippen molar-refractivity contribution in [2.75, 3.05) is 18.5 Å². The molecule has 0 spiro atoms. The van der Waals surface area contributed by atoms with Crippen molar-refractivity contribution in [3.05, 3.63) is 77.9 Å². The van der Waals surface area contributed by atoms with Crippen LogP contribution in [-0.2, 0) is 12.0 Å². The van der Waals surface area contributed by atoms with Crippen molar-refractivity contribution in [1.29, 1.82) is 5.26 Å². The van der Waals surface area contributed by atoms with Crippen molar-refractivity contribution in [1.82, 2.24) is 24.5 Å². The smallest absolute Gasteiger partial charge is 0.299 e. The Morgan fingerprint density at radius 2 is 1.97 bits per heavy atom.